The molecule has 36 heavy (non-hydrogen) atoms. The number of nitrogens with zero attached hydrogens (tertiary/aromatic N) is 3. The van der Waals surface area contributed by atoms with Crippen LogP contribution in [-0.2, 0) is 0 Å². The molecule has 3 aromatic rings. The van der Waals surface area contributed by atoms with Gasteiger partial charge in [-0.25, -0.2) is 4.39 Å². The molecule has 3 atom stereocenters. The van der Waals surface area contributed by atoms with Crippen LogP contribution in [0.25, 0.3) is 11.1 Å². The zero-order chi connectivity index (χ0) is 25.6. The number of halogens is 1. The molecule has 0 saturated carbocycles. The Balaban J connectivity index is 1.58. The average molecular weight is 488 g/mol. The summed E-state index contributed by atoms with van der Waals surface area (Å²) in [6, 6.07) is 19.0. The van der Waals surface area contributed by atoms with Gasteiger partial charge in [0.2, 0.25) is 0 Å². The largest absolute Gasteiger partial charge is 0.394 e. The minimum atomic E-state index is -0.379. The molecule has 0 radical (unpaired) electrons. The van der Waals surface area contributed by atoms with Crippen molar-refractivity contribution in [1.29, 1.82) is 0 Å². The van der Waals surface area contributed by atoms with Gasteiger partial charge in [-0.2, -0.15) is 0 Å². The Bertz CT molecular complexity index is 1310. The fourth-order valence-corrected chi connectivity index (χ4v) is 5.71. The topological polar surface area (TPSA) is 64.1 Å². The lowest BCUT2D eigenvalue weighted by atomic mass is 9.81. The lowest BCUT2D eigenvalue weighted by Gasteiger charge is -2.44. The Kier molecular flexibility index (Phi) is 6.26. The molecule has 2 aliphatic heterocycles. The van der Waals surface area contributed by atoms with Crippen LogP contribution < -0.4 is 4.90 Å². The van der Waals surface area contributed by atoms with Crippen molar-refractivity contribution in [2.45, 2.75) is 18.5 Å². The smallest absolute Gasteiger partial charge is 0.254 e. The van der Waals surface area contributed by atoms with E-state index in [1.54, 1.807) is 25.1 Å². The molecule has 2 amide bonds. The molecule has 2 aliphatic rings. The molecule has 0 aliphatic carbocycles. The normalized spacial score (nSPS) is 20.6. The van der Waals surface area contributed by atoms with Gasteiger partial charge in [-0.3, -0.25) is 9.59 Å². The fourth-order valence-electron chi connectivity index (χ4n) is 5.71. The Morgan fingerprint density at radius 2 is 1.72 bits per heavy atom. The van der Waals surface area contributed by atoms with Crippen LogP contribution in [0.3, 0.4) is 0 Å². The summed E-state index contributed by atoms with van der Waals surface area (Å²) in [5.74, 6) is -0.518. The number of likely N-dealkylation sites (N-methyl/N-ethyl adjacent to an activating group) is 1. The fraction of sp³-hybridized carbons (Fsp3) is 0.310. The van der Waals surface area contributed by atoms with E-state index in [9.17, 15) is 19.1 Å². The summed E-state index contributed by atoms with van der Waals surface area (Å²) < 4.78 is 13.5. The first-order chi connectivity index (χ1) is 17.3. The molecule has 1 fully saturated rings. The van der Waals surface area contributed by atoms with Gasteiger partial charge in [-0.1, -0.05) is 18.2 Å². The van der Waals surface area contributed by atoms with Crippen molar-refractivity contribution in [3.63, 3.8) is 0 Å². The van der Waals surface area contributed by atoms with Crippen molar-refractivity contribution in [3.05, 3.63) is 89.2 Å². The first kappa shape index (κ1) is 24.0. The second-order valence-electron chi connectivity index (χ2n) is 9.82. The predicted molar refractivity (Wildman–Crippen MR) is 137 cm³/mol. The first-order valence-corrected chi connectivity index (χ1v) is 12.2. The lowest BCUT2D eigenvalue weighted by Crippen LogP contribution is -2.48. The van der Waals surface area contributed by atoms with Gasteiger partial charge < -0.3 is 19.8 Å². The van der Waals surface area contributed by atoms with Crippen molar-refractivity contribution in [2.75, 3.05) is 39.2 Å². The van der Waals surface area contributed by atoms with E-state index in [2.05, 4.69) is 11.0 Å². The van der Waals surface area contributed by atoms with Gasteiger partial charge in [-0.05, 0) is 71.6 Å². The van der Waals surface area contributed by atoms with E-state index in [-0.39, 0.29) is 42.2 Å². The lowest BCUT2D eigenvalue weighted by molar-refractivity contribution is 0.0693. The van der Waals surface area contributed by atoms with Gasteiger partial charge in [0.15, 0.2) is 0 Å². The highest BCUT2D eigenvalue weighted by molar-refractivity contribution is 5.96. The summed E-state index contributed by atoms with van der Waals surface area (Å²) in [7, 11) is 5.44. The summed E-state index contributed by atoms with van der Waals surface area (Å²) >= 11 is 0. The summed E-state index contributed by atoms with van der Waals surface area (Å²) in [5, 5.41) is 10.2. The number of hydrogen-bond acceptors (Lipinski definition) is 4. The number of aliphatic hydroxyl groups excluding tert-OH is 1. The van der Waals surface area contributed by atoms with Crippen molar-refractivity contribution < 1.29 is 19.1 Å². The predicted octanol–water partition coefficient (Wildman–Crippen LogP) is 4.21. The number of carbonyl (C=O) groups excluding carboxylic acids is 2. The maximum Gasteiger partial charge on any atom is 0.254 e. The second-order valence-corrected chi connectivity index (χ2v) is 9.82. The van der Waals surface area contributed by atoms with Crippen molar-refractivity contribution in [3.8, 4) is 11.1 Å². The molecule has 0 unspecified atom stereocenters. The molecule has 7 heteroatoms. The Morgan fingerprint density at radius 1 is 1.00 bits per heavy atom. The summed E-state index contributed by atoms with van der Waals surface area (Å²) in [4.78, 5) is 31.6. The molecule has 5 rings (SSSR count). The third kappa shape index (κ3) is 4.03. The van der Waals surface area contributed by atoms with E-state index >= 15 is 0 Å². The van der Waals surface area contributed by atoms with Crippen LogP contribution in [0, 0.1) is 11.7 Å². The second kappa shape index (κ2) is 9.39. The first-order valence-electron chi connectivity index (χ1n) is 12.2. The van der Waals surface area contributed by atoms with Crippen molar-refractivity contribution in [2.24, 2.45) is 5.92 Å². The maximum absolute atomic E-state index is 13.5. The molecule has 0 bridgehead atoms. The van der Waals surface area contributed by atoms with Gasteiger partial charge in [0.05, 0.1) is 18.7 Å². The number of aliphatic hydroxyl groups is 1. The molecule has 1 N–H and O–H groups in total. The van der Waals surface area contributed by atoms with Gasteiger partial charge in [-0.15, -0.1) is 0 Å². The standard InChI is InChI=1S/C29H30FN3O3/c1-31(2)28(35)21-6-4-5-19(15-21)20-9-12-25-24(16-20)27-23(26(17-34)32(25)3)13-14-33(27)29(36)18-7-10-22(30)11-8-18/h4-12,15-16,23,26-27,34H,13-14,17H2,1-3H3/t23-,26-,27-/m0/s1. The molecule has 0 aromatic heterocycles. The minimum Gasteiger partial charge on any atom is -0.394 e. The van der Waals surface area contributed by atoms with E-state index in [4.69, 9.17) is 0 Å². The van der Waals surface area contributed by atoms with Crippen LogP contribution in [0.15, 0.2) is 66.7 Å². The molecule has 186 valence electrons. The van der Waals surface area contributed by atoms with Crippen LogP contribution in [0.5, 0.6) is 0 Å². The molecule has 3 aromatic carbocycles. The highest BCUT2D eigenvalue weighted by Gasteiger charge is 2.47. The number of hydrogen-bond donors (Lipinski definition) is 1. The molecule has 2 heterocycles. The molecular formula is C29H30FN3O3. The van der Waals surface area contributed by atoms with E-state index in [1.165, 1.54) is 24.3 Å². The van der Waals surface area contributed by atoms with Crippen LogP contribution in [0.2, 0.25) is 0 Å². The number of likely N-dealkylation sites (tertiary alicyclic amines) is 1. The Hall–Kier alpha value is -3.71. The zero-order valence-corrected chi connectivity index (χ0v) is 20.7. The number of amides is 2. The average Bonchev–Trinajstić information content (AvgIpc) is 3.33. The minimum absolute atomic E-state index is 0.00781. The SMILES string of the molecule is CN(C)C(=O)c1cccc(-c2ccc3c(c2)[C@@H]2[C@@H](CCN2C(=O)c2ccc(F)cc2)[C@H](CO)N3C)c1. The molecule has 6 nitrogen and oxygen atoms in total. The van der Waals surface area contributed by atoms with E-state index in [0.29, 0.717) is 17.7 Å². The number of carbonyl (C=O) groups is 2. The third-order valence-corrected chi connectivity index (χ3v) is 7.55. The highest BCUT2D eigenvalue weighted by atomic mass is 19.1. The van der Waals surface area contributed by atoms with E-state index < -0.39 is 0 Å². The van der Waals surface area contributed by atoms with Crippen molar-refractivity contribution >= 4 is 17.5 Å². The monoisotopic (exact) mass is 487 g/mol. The molecule has 1 saturated heterocycles. The third-order valence-electron chi connectivity index (χ3n) is 7.55. The molecular weight excluding hydrogens is 457 g/mol. The quantitative estimate of drug-likeness (QED) is 0.599. The number of anilines is 1. The van der Waals surface area contributed by atoms with Gasteiger partial charge in [0, 0.05) is 50.4 Å². The number of rotatable bonds is 4. The summed E-state index contributed by atoms with van der Waals surface area (Å²) in [6.45, 7) is 0.554. The number of fused-ring (bicyclic) bond motifs is 3. The molecule has 0 spiro atoms. The summed E-state index contributed by atoms with van der Waals surface area (Å²) in [6.07, 6.45) is 0.768. The van der Waals surface area contributed by atoms with Crippen LogP contribution in [0.4, 0.5) is 10.1 Å². The van der Waals surface area contributed by atoms with Gasteiger partial charge in [0.25, 0.3) is 11.8 Å². The number of benzene rings is 3. The van der Waals surface area contributed by atoms with Crippen molar-refractivity contribution in [1.82, 2.24) is 9.80 Å². The van der Waals surface area contributed by atoms with Crippen LogP contribution in [-0.4, -0.2) is 67.1 Å². The Labute approximate surface area is 210 Å². The van der Waals surface area contributed by atoms with Gasteiger partial charge >= 0.3 is 0 Å². The zero-order valence-electron chi connectivity index (χ0n) is 20.7. The summed E-state index contributed by atoms with van der Waals surface area (Å²) in [5.41, 5.74) is 4.92. The Morgan fingerprint density at radius 3 is 2.42 bits per heavy atom. The van der Waals surface area contributed by atoms with Crippen LogP contribution in [0.1, 0.15) is 38.7 Å². The van der Waals surface area contributed by atoms with Crippen LogP contribution >= 0.6 is 0 Å². The van der Waals surface area contributed by atoms with E-state index in [1.807, 2.05) is 42.3 Å². The van der Waals surface area contributed by atoms with E-state index in [0.717, 1.165) is 28.8 Å². The highest BCUT2D eigenvalue weighted by Crippen LogP contribution is 2.49. The maximum atomic E-state index is 13.5. The van der Waals surface area contributed by atoms with Gasteiger partial charge in [0.1, 0.15) is 5.82 Å².